The van der Waals surface area contributed by atoms with Gasteiger partial charge in [0, 0.05) is 17.1 Å². The second-order valence-electron chi connectivity index (χ2n) is 6.46. The molecule has 2 aromatic rings. The molecule has 3 rings (SSSR count). The van der Waals surface area contributed by atoms with E-state index in [-0.39, 0.29) is 5.91 Å². The highest BCUT2D eigenvalue weighted by molar-refractivity contribution is 7.11. The van der Waals surface area contributed by atoms with E-state index in [4.69, 9.17) is 0 Å². The topological polar surface area (TPSA) is 45.2 Å². The quantitative estimate of drug-likeness (QED) is 0.895. The smallest absolute Gasteiger partial charge is 0.229 e. The Bertz CT molecular complexity index is 704. The van der Waals surface area contributed by atoms with Crippen molar-refractivity contribution in [3.05, 3.63) is 45.4 Å². The highest BCUT2D eigenvalue weighted by atomic mass is 32.1. The van der Waals surface area contributed by atoms with Crippen molar-refractivity contribution < 1.29 is 4.79 Å². The molecule has 0 unspecified atom stereocenters. The van der Waals surface area contributed by atoms with Gasteiger partial charge < -0.3 is 5.32 Å². The predicted octanol–water partition coefficient (Wildman–Crippen LogP) is 3.93. The summed E-state index contributed by atoms with van der Waals surface area (Å²) in [4.78, 5) is 20.4. The SMILES string of the molecule is Cc1nc(C)c(CC(=O)Nc2ccccc2CN2CCCCC2)s1. The summed E-state index contributed by atoms with van der Waals surface area (Å²) in [6, 6.07) is 8.15. The van der Waals surface area contributed by atoms with Gasteiger partial charge in [0.05, 0.1) is 17.1 Å². The number of amides is 1. The lowest BCUT2D eigenvalue weighted by Gasteiger charge is -2.27. The van der Waals surface area contributed by atoms with E-state index in [0.29, 0.717) is 6.42 Å². The van der Waals surface area contributed by atoms with E-state index in [0.717, 1.165) is 40.9 Å². The molecule has 128 valence electrons. The van der Waals surface area contributed by atoms with Gasteiger partial charge in [0.15, 0.2) is 0 Å². The number of hydrogen-bond acceptors (Lipinski definition) is 4. The Balaban J connectivity index is 1.65. The summed E-state index contributed by atoms with van der Waals surface area (Å²) in [6.45, 7) is 7.17. The summed E-state index contributed by atoms with van der Waals surface area (Å²) in [5.41, 5.74) is 3.10. The molecule has 0 aliphatic carbocycles. The van der Waals surface area contributed by atoms with Crippen molar-refractivity contribution in [2.75, 3.05) is 18.4 Å². The van der Waals surface area contributed by atoms with Gasteiger partial charge in [0.1, 0.15) is 0 Å². The lowest BCUT2D eigenvalue weighted by Crippen LogP contribution is -2.29. The van der Waals surface area contributed by atoms with Gasteiger partial charge in [-0.1, -0.05) is 24.6 Å². The minimum absolute atomic E-state index is 0.0350. The molecule has 24 heavy (non-hydrogen) atoms. The number of para-hydroxylation sites is 1. The number of nitrogens with zero attached hydrogens (tertiary/aromatic N) is 2. The molecule has 2 heterocycles. The Morgan fingerprint density at radius 3 is 2.67 bits per heavy atom. The number of piperidine rings is 1. The Kier molecular flexibility index (Phi) is 5.63. The maximum Gasteiger partial charge on any atom is 0.229 e. The number of aryl methyl sites for hydroxylation is 2. The summed E-state index contributed by atoms with van der Waals surface area (Å²) < 4.78 is 0. The van der Waals surface area contributed by atoms with Crippen LogP contribution in [0.5, 0.6) is 0 Å². The Hall–Kier alpha value is -1.72. The van der Waals surface area contributed by atoms with Crippen LogP contribution in [-0.4, -0.2) is 28.9 Å². The van der Waals surface area contributed by atoms with E-state index < -0.39 is 0 Å². The monoisotopic (exact) mass is 343 g/mol. The lowest BCUT2D eigenvalue weighted by molar-refractivity contribution is -0.115. The minimum Gasteiger partial charge on any atom is -0.325 e. The third-order valence-corrected chi connectivity index (χ3v) is 5.53. The molecule has 1 saturated heterocycles. The maximum atomic E-state index is 12.4. The first-order chi connectivity index (χ1) is 11.6. The fourth-order valence-corrected chi connectivity index (χ4v) is 4.15. The molecule has 0 atom stereocenters. The largest absolute Gasteiger partial charge is 0.325 e. The molecule has 1 aromatic carbocycles. The number of anilines is 1. The molecular formula is C19H25N3OS. The molecule has 0 bridgehead atoms. The number of hydrogen-bond donors (Lipinski definition) is 1. The second kappa shape index (κ2) is 7.90. The molecular weight excluding hydrogens is 318 g/mol. The Labute approximate surface area is 147 Å². The molecule has 1 N–H and O–H groups in total. The van der Waals surface area contributed by atoms with E-state index >= 15 is 0 Å². The molecule has 0 saturated carbocycles. The van der Waals surface area contributed by atoms with Crippen LogP contribution in [-0.2, 0) is 17.8 Å². The van der Waals surface area contributed by atoms with Crippen LogP contribution in [0.3, 0.4) is 0 Å². The van der Waals surface area contributed by atoms with Crippen LogP contribution in [0.25, 0.3) is 0 Å². The standard InChI is InChI=1S/C19H25N3OS/c1-14-18(24-15(2)20-14)12-19(23)21-17-9-5-4-8-16(17)13-22-10-6-3-7-11-22/h4-5,8-9H,3,6-7,10-13H2,1-2H3,(H,21,23). The number of likely N-dealkylation sites (tertiary alicyclic amines) is 1. The summed E-state index contributed by atoms with van der Waals surface area (Å²) in [5.74, 6) is 0.0350. The van der Waals surface area contributed by atoms with Crippen LogP contribution < -0.4 is 5.32 Å². The van der Waals surface area contributed by atoms with Crippen molar-refractivity contribution in [2.45, 2.75) is 46.1 Å². The van der Waals surface area contributed by atoms with Crippen LogP contribution in [0.2, 0.25) is 0 Å². The molecule has 1 amide bonds. The van der Waals surface area contributed by atoms with E-state index in [2.05, 4.69) is 21.3 Å². The van der Waals surface area contributed by atoms with Gasteiger partial charge in [-0.15, -0.1) is 11.3 Å². The zero-order valence-corrected chi connectivity index (χ0v) is 15.3. The summed E-state index contributed by atoms with van der Waals surface area (Å²) >= 11 is 1.61. The molecule has 0 spiro atoms. The molecule has 1 aliphatic rings. The Morgan fingerprint density at radius 2 is 1.96 bits per heavy atom. The third-order valence-electron chi connectivity index (χ3n) is 4.45. The molecule has 0 radical (unpaired) electrons. The summed E-state index contributed by atoms with van der Waals surface area (Å²) in [5, 5.41) is 4.11. The summed E-state index contributed by atoms with van der Waals surface area (Å²) in [6.07, 6.45) is 4.29. The highest BCUT2D eigenvalue weighted by Crippen LogP contribution is 2.22. The molecule has 4 nitrogen and oxygen atoms in total. The molecule has 5 heteroatoms. The Morgan fingerprint density at radius 1 is 1.21 bits per heavy atom. The number of aromatic nitrogens is 1. The normalized spacial score (nSPS) is 15.4. The minimum atomic E-state index is 0.0350. The number of carbonyl (C=O) groups excluding carboxylic acids is 1. The van der Waals surface area contributed by atoms with Crippen LogP contribution in [0, 0.1) is 13.8 Å². The van der Waals surface area contributed by atoms with Crippen LogP contribution in [0.4, 0.5) is 5.69 Å². The number of benzene rings is 1. The van der Waals surface area contributed by atoms with Gasteiger partial charge in [-0.3, -0.25) is 9.69 Å². The zero-order chi connectivity index (χ0) is 16.9. The van der Waals surface area contributed by atoms with Crippen molar-refractivity contribution in [1.82, 2.24) is 9.88 Å². The van der Waals surface area contributed by atoms with Crippen molar-refractivity contribution in [3.63, 3.8) is 0 Å². The van der Waals surface area contributed by atoms with Crippen molar-refractivity contribution in [2.24, 2.45) is 0 Å². The van der Waals surface area contributed by atoms with Crippen molar-refractivity contribution >= 4 is 22.9 Å². The van der Waals surface area contributed by atoms with Crippen LogP contribution in [0.1, 0.15) is 40.4 Å². The van der Waals surface area contributed by atoms with Crippen LogP contribution in [0.15, 0.2) is 24.3 Å². The van der Waals surface area contributed by atoms with Gasteiger partial charge in [-0.05, 0) is 51.4 Å². The fourth-order valence-electron chi connectivity index (χ4n) is 3.22. The molecule has 1 fully saturated rings. The maximum absolute atomic E-state index is 12.4. The van der Waals surface area contributed by atoms with Gasteiger partial charge in [-0.2, -0.15) is 0 Å². The van der Waals surface area contributed by atoms with E-state index in [9.17, 15) is 4.79 Å². The van der Waals surface area contributed by atoms with Gasteiger partial charge in [0.25, 0.3) is 0 Å². The van der Waals surface area contributed by atoms with Crippen molar-refractivity contribution in [3.8, 4) is 0 Å². The average molecular weight is 343 g/mol. The van der Waals surface area contributed by atoms with Gasteiger partial charge in [-0.25, -0.2) is 4.98 Å². The first-order valence-corrected chi connectivity index (χ1v) is 9.46. The first-order valence-electron chi connectivity index (χ1n) is 8.65. The zero-order valence-electron chi connectivity index (χ0n) is 14.5. The molecule has 1 aliphatic heterocycles. The number of thiazole rings is 1. The second-order valence-corrected chi connectivity index (χ2v) is 7.75. The van der Waals surface area contributed by atoms with Gasteiger partial charge in [0.2, 0.25) is 5.91 Å². The highest BCUT2D eigenvalue weighted by Gasteiger charge is 2.15. The fraction of sp³-hybridized carbons (Fsp3) is 0.474. The van der Waals surface area contributed by atoms with Gasteiger partial charge >= 0.3 is 0 Å². The number of carbonyl (C=O) groups is 1. The lowest BCUT2D eigenvalue weighted by atomic mass is 10.1. The molecule has 1 aromatic heterocycles. The first kappa shape index (κ1) is 17.1. The average Bonchev–Trinajstić information content (AvgIpc) is 2.87. The summed E-state index contributed by atoms with van der Waals surface area (Å²) in [7, 11) is 0. The number of rotatable bonds is 5. The van der Waals surface area contributed by atoms with E-state index in [1.165, 1.54) is 24.8 Å². The van der Waals surface area contributed by atoms with Crippen LogP contribution >= 0.6 is 11.3 Å². The third kappa shape index (κ3) is 4.42. The van der Waals surface area contributed by atoms with Crippen molar-refractivity contribution in [1.29, 1.82) is 0 Å². The predicted molar refractivity (Wildman–Crippen MR) is 99.5 cm³/mol. The van der Waals surface area contributed by atoms with E-state index in [1.807, 2.05) is 32.0 Å². The number of nitrogens with one attached hydrogen (secondary N) is 1. The van der Waals surface area contributed by atoms with E-state index in [1.54, 1.807) is 11.3 Å².